The number of ether oxygens (including phenoxy) is 1. The van der Waals surface area contributed by atoms with E-state index in [-0.39, 0.29) is 18.0 Å². The van der Waals surface area contributed by atoms with Gasteiger partial charge in [0.2, 0.25) is 0 Å². The molecule has 1 atom stereocenters. The molecular formula is C12H16O2. The molecule has 2 heteroatoms. The predicted octanol–water partition coefficient (Wildman–Crippen LogP) is 2.74. The van der Waals surface area contributed by atoms with Crippen LogP contribution in [0.25, 0.3) is 0 Å². The number of benzene rings is 1. The Hall–Kier alpha value is -1.31. The van der Waals surface area contributed by atoms with Gasteiger partial charge in [0.05, 0.1) is 12.0 Å². The molecule has 14 heavy (non-hydrogen) atoms. The summed E-state index contributed by atoms with van der Waals surface area (Å²) in [6, 6.07) is 9.66. The van der Waals surface area contributed by atoms with Gasteiger partial charge < -0.3 is 4.74 Å². The van der Waals surface area contributed by atoms with Crippen molar-refractivity contribution in [2.24, 2.45) is 0 Å². The van der Waals surface area contributed by atoms with Crippen LogP contribution in [0.4, 0.5) is 0 Å². The van der Waals surface area contributed by atoms with Gasteiger partial charge in [-0.2, -0.15) is 0 Å². The maximum atomic E-state index is 11.5. The molecule has 0 radical (unpaired) electrons. The maximum Gasteiger partial charge on any atom is 0.313 e. The lowest BCUT2D eigenvalue weighted by Gasteiger charge is -2.13. The van der Waals surface area contributed by atoms with Crippen LogP contribution in [0.5, 0.6) is 0 Å². The van der Waals surface area contributed by atoms with Crippen LogP contribution in [0.15, 0.2) is 30.3 Å². The standard InChI is InChI=1S/C12H16O2/c1-9(2)14-12(13)10(3)11-7-5-4-6-8-11/h4-10H,1-3H3/t10-/m1/s1. The van der Waals surface area contributed by atoms with E-state index in [1.165, 1.54) is 0 Å². The van der Waals surface area contributed by atoms with Crippen molar-refractivity contribution in [2.75, 3.05) is 0 Å². The van der Waals surface area contributed by atoms with Crippen LogP contribution in [0, 0.1) is 0 Å². The Bertz CT molecular complexity index is 290. The van der Waals surface area contributed by atoms with E-state index in [0.717, 1.165) is 5.56 Å². The van der Waals surface area contributed by atoms with Crippen LogP contribution in [0.1, 0.15) is 32.3 Å². The first kappa shape index (κ1) is 10.8. The lowest BCUT2D eigenvalue weighted by molar-refractivity contribution is -0.148. The highest BCUT2D eigenvalue weighted by molar-refractivity contribution is 5.77. The number of carbonyl (C=O) groups excluding carboxylic acids is 1. The molecule has 0 saturated heterocycles. The van der Waals surface area contributed by atoms with Crippen LogP contribution in [0.3, 0.4) is 0 Å². The third kappa shape index (κ3) is 2.87. The van der Waals surface area contributed by atoms with Crippen molar-refractivity contribution < 1.29 is 9.53 Å². The first-order valence-corrected chi connectivity index (χ1v) is 4.86. The third-order valence-corrected chi connectivity index (χ3v) is 2.00. The molecule has 0 N–H and O–H groups in total. The van der Waals surface area contributed by atoms with E-state index < -0.39 is 0 Å². The molecule has 2 nitrogen and oxygen atoms in total. The lowest BCUT2D eigenvalue weighted by atomic mass is 10.0. The molecule has 0 bridgehead atoms. The fraction of sp³-hybridized carbons (Fsp3) is 0.417. The van der Waals surface area contributed by atoms with Crippen molar-refractivity contribution in [3.63, 3.8) is 0 Å². The molecule has 0 fully saturated rings. The Kier molecular flexibility index (Phi) is 3.69. The van der Waals surface area contributed by atoms with Crippen molar-refractivity contribution in [1.82, 2.24) is 0 Å². The molecular weight excluding hydrogens is 176 g/mol. The number of hydrogen-bond donors (Lipinski definition) is 0. The molecule has 0 aliphatic carbocycles. The van der Waals surface area contributed by atoms with E-state index in [0.29, 0.717) is 0 Å². The number of rotatable bonds is 3. The minimum Gasteiger partial charge on any atom is -0.463 e. The van der Waals surface area contributed by atoms with Crippen molar-refractivity contribution in [2.45, 2.75) is 32.8 Å². The summed E-state index contributed by atoms with van der Waals surface area (Å²) in [6.07, 6.45) is -0.0475. The number of carbonyl (C=O) groups is 1. The molecule has 0 aromatic heterocycles. The summed E-state index contributed by atoms with van der Waals surface area (Å²) in [5.74, 6) is -0.343. The number of hydrogen-bond acceptors (Lipinski definition) is 2. The smallest absolute Gasteiger partial charge is 0.313 e. The van der Waals surface area contributed by atoms with E-state index >= 15 is 0 Å². The largest absolute Gasteiger partial charge is 0.463 e. The molecule has 0 saturated carbocycles. The van der Waals surface area contributed by atoms with Gasteiger partial charge in [0.1, 0.15) is 0 Å². The van der Waals surface area contributed by atoms with E-state index in [1.807, 2.05) is 51.1 Å². The zero-order chi connectivity index (χ0) is 10.6. The lowest BCUT2D eigenvalue weighted by Crippen LogP contribution is -2.17. The summed E-state index contributed by atoms with van der Waals surface area (Å²) < 4.78 is 5.13. The summed E-state index contributed by atoms with van der Waals surface area (Å²) in [5.41, 5.74) is 0.998. The summed E-state index contributed by atoms with van der Waals surface area (Å²) in [5, 5.41) is 0. The molecule has 1 aromatic rings. The molecule has 1 rings (SSSR count). The predicted molar refractivity (Wildman–Crippen MR) is 56.1 cm³/mol. The van der Waals surface area contributed by atoms with Crippen LogP contribution < -0.4 is 0 Å². The van der Waals surface area contributed by atoms with Gasteiger partial charge in [-0.1, -0.05) is 30.3 Å². The Morgan fingerprint density at radius 3 is 2.21 bits per heavy atom. The minimum atomic E-state index is -0.182. The van der Waals surface area contributed by atoms with Gasteiger partial charge in [0, 0.05) is 0 Å². The molecule has 0 amide bonds. The summed E-state index contributed by atoms with van der Waals surface area (Å²) in [7, 11) is 0. The average molecular weight is 192 g/mol. The van der Waals surface area contributed by atoms with Gasteiger partial charge in [0.25, 0.3) is 0 Å². The second-order valence-corrected chi connectivity index (χ2v) is 3.62. The normalized spacial score (nSPS) is 12.6. The highest BCUT2D eigenvalue weighted by atomic mass is 16.5. The molecule has 0 unspecified atom stereocenters. The first-order valence-electron chi connectivity index (χ1n) is 4.86. The first-order chi connectivity index (χ1) is 6.61. The molecule has 0 spiro atoms. The summed E-state index contributed by atoms with van der Waals surface area (Å²) in [6.45, 7) is 5.57. The quantitative estimate of drug-likeness (QED) is 0.688. The molecule has 0 aliphatic heterocycles. The highest BCUT2D eigenvalue weighted by Crippen LogP contribution is 2.16. The van der Waals surface area contributed by atoms with Crippen molar-refractivity contribution in [3.05, 3.63) is 35.9 Å². The fourth-order valence-electron chi connectivity index (χ4n) is 1.21. The van der Waals surface area contributed by atoms with Crippen LogP contribution in [-0.2, 0) is 9.53 Å². The second kappa shape index (κ2) is 4.80. The SMILES string of the molecule is CC(C)OC(=O)[C@H](C)c1ccccc1. The second-order valence-electron chi connectivity index (χ2n) is 3.62. The van der Waals surface area contributed by atoms with Crippen molar-refractivity contribution in [3.8, 4) is 0 Å². The van der Waals surface area contributed by atoms with E-state index in [4.69, 9.17) is 4.74 Å². The molecule has 76 valence electrons. The molecule has 1 aromatic carbocycles. The average Bonchev–Trinajstić information content (AvgIpc) is 2.17. The molecule has 0 aliphatic rings. The zero-order valence-corrected chi connectivity index (χ0v) is 8.86. The Morgan fingerprint density at radius 1 is 1.14 bits per heavy atom. The van der Waals surface area contributed by atoms with E-state index in [9.17, 15) is 4.79 Å². The Morgan fingerprint density at radius 2 is 1.71 bits per heavy atom. The van der Waals surface area contributed by atoms with Gasteiger partial charge in [-0.15, -0.1) is 0 Å². The van der Waals surface area contributed by atoms with Crippen LogP contribution in [-0.4, -0.2) is 12.1 Å². The summed E-state index contributed by atoms with van der Waals surface area (Å²) in [4.78, 5) is 11.5. The van der Waals surface area contributed by atoms with E-state index in [1.54, 1.807) is 0 Å². The van der Waals surface area contributed by atoms with Gasteiger partial charge in [-0.05, 0) is 26.3 Å². The number of esters is 1. The minimum absolute atomic E-state index is 0.0475. The third-order valence-electron chi connectivity index (χ3n) is 2.00. The Balaban J connectivity index is 2.66. The summed E-state index contributed by atoms with van der Waals surface area (Å²) >= 11 is 0. The highest BCUT2D eigenvalue weighted by Gasteiger charge is 2.16. The van der Waals surface area contributed by atoms with Crippen LogP contribution in [0.2, 0.25) is 0 Å². The van der Waals surface area contributed by atoms with Gasteiger partial charge in [-0.25, -0.2) is 0 Å². The van der Waals surface area contributed by atoms with Gasteiger partial charge in [0.15, 0.2) is 0 Å². The monoisotopic (exact) mass is 192 g/mol. The zero-order valence-electron chi connectivity index (χ0n) is 8.86. The van der Waals surface area contributed by atoms with E-state index in [2.05, 4.69) is 0 Å². The molecule has 0 heterocycles. The van der Waals surface area contributed by atoms with Crippen molar-refractivity contribution >= 4 is 5.97 Å². The fourth-order valence-corrected chi connectivity index (χ4v) is 1.21. The van der Waals surface area contributed by atoms with Crippen molar-refractivity contribution in [1.29, 1.82) is 0 Å². The maximum absolute atomic E-state index is 11.5. The Labute approximate surface area is 84.9 Å². The van der Waals surface area contributed by atoms with Gasteiger partial charge in [-0.3, -0.25) is 4.79 Å². The van der Waals surface area contributed by atoms with Crippen LogP contribution >= 0.6 is 0 Å². The topological polar surface area (TPSA) is 26.3 Å². The van der Waals surface area contributed by atoms with Gasteiger partial charge >= 0.3 is 5.97 Å².